The minimum absolute atomic E-state index is 0.0804. The lowest BCUT2D eigenvalue weighted by atomic mass is 9.89. The Bertz CT molecular complexity index is 1040. The Morgan fingerprint density at radius 1 is 1.30 bits per heavy atom. The maximum Gasteiger partial charge on any atom is 0.328 e. The Morgan fingerprint density at radius 3 is 2.80 bits per heavy atom. The van der Waals surface area contributed by atoms with Gasteiger partial charge in [-0.1, -0.05) is 36.4 Å². The number of benzene rings is 2. The van der Waals surface area contributed by atoms with Gasteiger partial charge >= 0.3 is 5.97 Å². The number of esters is 1. The quantitative estimate of drug-likeness (QED) is 0.638. The Balaban J connectivity index is 1.73. The molecule has 152 valence electrons. The van der Waals surface area contributed by atoms with Crippen LogP contribution in [0.2, 0.25) is 0 Å². The van der Waals surface area contributed by atoms with E-state index in [4.69, 9.17) is 10.00 Å². The lowest BCUT2D eigenvalue weighted by Crippen LogP contribution is -2.43. The number of rotatable bonds is 6. The van der Waals surface area contributed by atoms with E-state index in [1.165, 1.54) is 5.56 Å². The van der Waals surface area contributed by atoms with Crippen molar-refractivity contribution in [2.75, 3.05) is 13.2 Å². The number of hydrogen-bond acceptors (Lipinski definition) is 5. The molecule has 1 aromatic heterocycles. The summed E-state index contributed by atoms with van der Waals surface area (Å²) in [6, 6.07) is 17.3. The first-order valence-electron chi connectivity index (χ1n) is 10.2. The molecule has 4 rings (SSSR count). The highest BCUT2D eigenvalue weighted by atomic mass is 16.5. The number of nitrogens with zero attached hydrogens (tertiary/aromatic N) is 3. The van der Waals surface area contributed by atoms with Crippen LogP contribution in [0.5, 0.6) is 0 Å². The third kappa shape index (κ3) is 3.98. The maximum absolute atomic E-state index is 13.1. The van der Waals surface area contributed by atoms with Crippen LogP contribution in [0.25, 0.3) is 0 Å². The van der Waals surface area contributed by atoms with Crippen molar-refractivity contribution in [3.63, 3.8) is 0 Å². The molecule has 0 amide bonds. The first-order valence-corrected chi connectivity index (χ1v) is 10.2. The van der Waals surface area contributed by atoms with Crippen molar-refractivity contribution in [2.45, 2.75) is 31.8 Å². The zero-order chi connectivity index (χ0) is 20.9. The average molecular weight is 400 g/mol. The molecule has 0 fully saturated rings. The van der Waals surface area contributed by atoms with Crippen LogP contribution < -0.4 is 0 Å². The summed E-state index contributed by atoms with van der Waals surface area (Å²) in [5.41, 5.74) is 4.87. The number of aromatic nitrogens is 2. The number of ether oxygens (including phenoxy) is 1. The van der Waals surface area contributed by atoms with Crippen molar-refractivity contribution in [3.8, 4) is 6.07 Å². The number of H-pyrrole nitrogens is 1. The number of nitriles is 1. The molecule has 0 spiro atoms. The van der Waals surface area contributed by atoms with Crippen LogP contribution in [-0.4, -0.2) is 34.0 Å². The van der Waals surface area contributed by atoms with Gasteiger partial charge in [-0.05, 0) is 48.6 Å². The Labute approximate surface area is 176 Å². The third-order valence-corrected chi connectivity index (χ3v) is 5.62. The molecule has 1 aliphatic heterocycles. The van der Waals surface area contributed by atoms with Crippen LogP contribution in [0.1, 0.15) is 47.0 Å². The molecule has 6 nitrogen and oxygen atoms in total. The number of imidazole rings is 1. The van der Waals surface area contributed by atoms with Gasteiger partial charge in [-0.15, -0.1) is 0 Å². The third-order valence-electron chi connectivity index (χ3n) is 5.62. The molecular weight excluding hydrogens is 376 g/mol. The number of carbonyl (C=O) groups is 1. The summed E-state index contributed by atoms with van der Waals surface area (Å²) in [4.78, 5) is 22.7. The lowest BCUT2D eigenvalue weighted by Gasteiger charge is -2.40. The monoisotopic (exact) mass is 400 g/mol. The van der Waals surface area contributed by atoms with Crippen LogP contribution in [0.3, 0.4) is 0 Å². The highest BCUT2D eigenvalue weighted by Gasteiger charge is 2.38. The molecule has 0 radical (unpaired) electrons. The van der Waals surface area contributed by atoms with Crippen LogP contribution in [-0.2, 0) is 22.4 Å². The van der Waals surface area contributed by atoms with Gasteiger partial charge in [0.15, 0.2) is 0 Å². The summed E-state index contributed by atoms with van der Waals surface area (Å²) in [5, 5.41) is 9.08. The molecule has 0 aliphatic carbocycles. The van der Waals surface area contributed by atoms with E-state index in [0.29, 0.717) is 18.6 Å². The van der Waals surface area contributed by atoms with Crippen LogP contribution in [0, 0.1) is 11.3 Å². The predicted octanol–water partition coefficient (Wildman–Crippen LogP) is 3.73. The minimum atomic E-state index is -0.471. The Hall–Kier alpha value is -3.43. The summed E-state index contributed by atoms with van der Waals surface area (Å²) in [7, 11) is 0. The highest BCUT2D eigenvalue weighted by molar-refractivity contribution is 5.78. The zero-order valence-corrected chi connectivity index (χ0v) is 16.9. The lowest BCUT2D eigenvalue weighted by molar-refractivity contribution is -0.151. The van der Waals surface area contributed by atoms with Crippen LogP contribution in [0.4, 0.5) is 0 Å². The van der Waals surface area contributed by atoms with E-state index in [1.807, 2.05) is 55.6 Å². The van der Waals surface area contributed by atoms with E-state index in [9.17, 15) is 4.79 Å². The molecule has 2 heterocycles. The molecule has 0 bridgehead atoms. The van der Waals surface area contributed by atoms with Crippen molar-refractivity contribution >= 4 is 5.97 Å². The van der Waals surface area contributed by atoms with Crippen molar-refractivity contribution in [1.29, 1.82) is 5.26 Å². The molecule has 0 saturated carbocycles. The number of fused-ring (bicyclic) bond motifs is 1. The molecule has 1 N–H and O–H groups in total. The SMILES string of the molecule is CCOC(=O)[C@H]1c2ccccc2CCN1C(Cc1ccc(C#N)cc1)c1cnc[nH]1. The normalized spacial score (nSPS) is 17.0. The molecule has 1 aliphatic rings. The fourth-order valence-corrected chi connectivity index (χ4v) is 4.20. The van der Waals surface area contributed by atoms with Gasteiger partial charge < -0.3 is 9.72 Å². The molecular formula is C24H24N4O2. The minimum Gasteiger partial charge on any atom is -0.465 e. The van der Waals surface area contributed by atoms with Crippen molar-refractivity contribution in [3.05, 3.63) is 89.0 Å². The molecule has 2 atom stereocenters. The summed E-state index contributed by atoms with van der Waals surface area (Å²) >= 11 is 0. The second kappa shape index (κ2) is 8.93. The standard InChI is InChI=1S/C24H24N4O2/c1-2-30-24(29)23-20-6-4-3-5-19(20)11-12-28(23)22(21-15-26-16-27-21)13-17-7-9-18(14-25)10-8-17/h3-10,15-16,22-23H,2,11-13H2,1H3,(H,26,27)/t22?,23-/m1/s1. The number of carbonyl (C=O) groups excluding carboxylic acids is 1. The van der Waals surface area contributed by atoms with Crippen molar-refractivity contribution in [2.24, 2.45) is 0 Å². The van der Waals surface area contributed by atoms with Gasteiger partial charge in [0, 0.05) is 12.7 Å². The molecule has 2 aromatic carbocycles. The highest BCUT2D eigenvalue weighted by Crippen LogP contribution is 2.38. The smallest absolute Gasteiger partial charge is 0.328 e. The summed E-state index contributed by atoms with van der Waals surface area (Å²) < 4.78 is 5.47. The number of nitrogens with one attached hydrogen (secondary N) is 1. The largest absolute Gasteiger partial charge is 0.465 e. The Kier molecular flexibility index (Phi) is 5.92. The van der Waals surface area contributed by atoms with E-state index in [0.717, 1.165) is 29.8 Å². The van der Waals surface area contributed by atoms with Crippen LogP contribution >= 0.6 is 0 Å². The second-order valence-electron chi connectivity index (χ2n) is 7.38. The van der Waals surface area contributed by atoms with Crippen molar-refractivity contribution in [1.82, 2.24) is 14.9 Å². The molecule has 3 aromatic rings. The topological polar surface area (TPSA) is 82.0 Å². The first kappa shape index (κ1) is 19.9. The first-order chi connectivity index (χ1) is 14.7. The summed E-state index contributed by atoms with van der Waals surface area (Å²) in [6.07, 6.45) is 5.03. The van der Waals surface area contributed by atoms with Crippen molar-refractivity contribution < 1.29 is 9.53 Å². The molecule has 1 unspecified atom stereocenters. The van der Waals surface area contributed by atoms with Crippen LogP contribution in [0.15, 0.2) is 61.1 Å². The summed E-state index contributed by atoms with van der Waals surface area (Å²) in [5.74, 6) is -0.228. The fraction of sp³-hybridized carbons (Fsp3) is 0.292. The van der Waals surface area contributed by atoms with Gasteiger partial charge in [0.2, 0.25) is 0 Å². The predicted molar refractivity (Wildman–Crippen MR) is 112 cm³/mol. The van der Waals surface area contributed by atoms with Gasteiger partial charge in [-0.2, -0.15) is 5.26 Å². The van der Waals surface area contributed by atoms with Gasteiger partial charge in [0.1, 0.15) is 6.04 Å². The fourth-order valence-electron chi connectivity index (χ4n) is 4.20. The zero-order valence-electron chi connectivity index (χ0n) is 16.9. The average Bonchev–Trinajstić information content (AvgIpc) is 3.32. The van der Waals surface area contributed by atoms with E-state index in [-0.39, 0.29) is 12.0 Å². The maximum atomic E-state index is 13.1. The van der Waals surface area contributed by atoms with E-state index >= 15 is 0 Å². The molecule has 30 heavy (non-hydrogen) atoms. The Morgan fingerprint density at radius 2 is 2.10 bits per heavy atom. The number of hydrogen-bond donors (Lipinski definition) is 1. The van der Waals surface area contributed by atoms with Gasteiger partial charge in [0.25, 0.3) is 0 Å². The van der Waals surface area contributed by atoms with Gasteiger partial charge in [-0.3, -0.25) is 4.90 Å². The van der Waals surface area contributed by atoms with Gasteiger partial charge in [-0.25, -0.2) is 9.78 Å². The second-order valence-corrected chi connectivity index (χ2v) is 7.38. The molecule has 6 heteroatoms. The summed E-state index contributed by atoms with van der Waals surface area (Å²) in [6.45, 7) is 2.91. The van der Waals surface area contributed by atoms with E-state index in [2.05, 4.69) is 27.0 Å². The number of aromatic amines is 1. The van der Waals surface area contributed by atoms with Gasteiger partial charge in [0.05, 0.1) is 36.3 Å². The van der Waals surface area contributed by atoms with E-state index in [1.54, 1.807) is 6.33 Å². The molecule has 0 saturated heterocycles. The van der Waals surface area contributed by atoms with E-state index < -0.39 is 6.04 Å².